The van der Waals surface area contributed by atoms with E-state index in [-0.39, 0.29) is 11.9 Å². The van der Waals surface area contributed by atoms with Gasteiger partial charge in [-0.1, -0.05) is 18.2 Å². The van der Waals surface area contributed by atoms with Crippen LogP contribution in [0.4, 0.5) is 22.7 Å². The lowest BCUT2D eigenvalue weighted by atomic mass is 9.96. The van der Waals surface area contributed by atoms with Crippen LogP contribution in [-0.4, -0.2) is 31.8 Å². The minimum absolute atomic E-state index is 0.0406. The van der Waals surface area contributed by atoms with Crippen LogP contribution < -0.4 is 21.3 Å². The maximum atomic E-state index is 12.2. The molecule has 0 saturated carbocycles. The molecule has 0 fully saturated rings. The summed E-state index contributed by atoms with van der Waals surface area (Å²) >= 11 is 0. The fourth-order valence-corrected chi connectivity index (χ4v) is 4.15. The highest BCUT2D eigenvalue weighted by molar-refractivity contribution is 6.10. The van der Waals surface area contributed by atoms with Crippen molar-refractivity contribution in [2.75, 3.05) is 29.1 Å². The van der Waals surface area contributed by atoms with Gasteiger partial charge in [-0.3, -0.25) is 9.79 Å². The van der Waals surface area contributed by atoms with Crippen LogP contribution in [0.15, 0.2) is 47.6 Å². The Bertz CT molecular complexity index is 995. The quantitative estimate of drug-likeness (QED) is 0.695. The van der Waals surface area contributed by atoms with Crippen molar-refractivity contribution in [1.82, 2.24) is 0 Å². The molecule has 150 valence electrons. The van der Waals surface area contributed by atoms with E-state index in [0.717, 1.165) is 47.6 Å². The summed E-state index contributed by atoms with van der Waals surface area (Å²) in [4.78, 5) is 18.6. The Balaban J connectivity index is 1.81. The van der Waals surface area contributed by atoms with Gasteiger partial charge in [0.1, 0.15) is 0 Å². The Kier molecular flexibility index (Phi) is 5.25. The molecule has 4 N–H and O–H groups in total. The van der Waals surface area contributed by atoms with Gasteiger partial charge in [-0.25, -0.2) is 0 Å². The fourth-order valence-electron chi connectivity index (χ4n) is 4.15. The second-order valence-corrected chi connectivity index (χ2v) is 7.61. The van der Waals surface area contributed by atoms with E-state index in [4.69, 9.17) is 5.73 Å². The van der Waals surface area contributed by atoms with Crippen LogP contribution in [0.5, 0.6) is 0 Å². The molecule has 0 bridgehead atoms. The second-order valence-electron chi connectivity index (χ2n) is 7.61. The third-order valence-corrected chi connectivity index (χ3v) is 5.47. The van der Waals surface area contributed by atoms with Gasteiger partial charge < -0.3 is 21.3 Å². The summed E-state index contributed by atoms with van der Waals surface area (Å²) in [7, 11) is 1.74. The summed E-state index contributed by atoms with van der Waals surface area (Å²) in [6.45, 7) is 2.95. The number of anilines is 4. The predicted molar refractivity (Wildman–Crippen MR) is 121 cm³/mol. The molecule has 6 heteroatoms. The van der Waals surface area contributed by atoms with Crippen molar-refractivity contribution in [3.8, 4) is 0 Å². The number of nitrogens with zero attached hydrogens (tertiary/aromatic N) is 2. The Morgan fingerprint density at radius 3 is 2.93 bits per heavy atom. The number of allylic oxidation sites excluding steroid dienone is 1. The van der Waals surface area contributed by atoms with E-state index in [9.17, 15) is 4.79 Å². The molecular weight excluding hydrogens is 362 g/mol. The van der Waals surface area contributed by atoms with Crippen LogP contribution in [0.2, 0.25) is 0 Å². The first-order valence-corrected chi connectivity index (χ1v) is 10.0. The Hall–Kier alpha value is -3.28. The predicted octanol–water partition coefficient (Wildman–Crippen LogP) is 3.91. The molecule has 1 atom stereocenters. The smallest absolute Gasteiger partial charge is 0.226 e. The zero-order valence-electron chi connectivity index (χ0n) is 16.9. The van der Waals surface area contributed by atoms with Crippen LogP contribution in [0.25, 0.3) is 5.57 Å². The van der Waals surface area contributed by atoms with E-state index in [0.29, 0.717) is 6.42 Å². The molecule has 0 radical (unpaired) electrons. The summed E-state index contributed by atoms with van der Waals surface area (Å²) in [5.74, 6) is 0.0406. The monoisotopic (exact) mass is 389 g/mol. The molecule has 0 spiro atoms. The standard InChI is InChI=1S/C23H27N5O/c1-15-11-22(29)27-19-6-3-7-20(23(19)26-15)28-10-4-5-16-8-9-17(12-21(16)28)18(13-24)14-25-2/h3,6-9,12-15,26H,4-5,10-11,24H2,1-2H3,(H,27,29)/b18-13+,25-14?/t15-/m1/s1. The van der Waals surface area contributed by atoms with Crippen molar-refractivity contribution in [2.45, 2.75) is 32.2 Å². The number of para-hydroxylation sites is 1. The zero-order chi connectivity index (χ0) is 20.4. The van der Waals surface area contributed by atoms with Crippen molar-refractivity contribution < 1.29 is 4.79 Å². The zero-order valence-corrected chi connectivity index (χ0v) is 16.9. The summed E-state index contributed by atoms with van der Waals surface area (Å²) < 4.78 is 0. The van der Waals surface area contributed by atoms with Gasteiger partial charge in [-0.05, 0) is 49.1 Å². The van der Waals surface area contributed by atoms with Gasteiger partial charge in [0.05, 0.1) is 17.1 Å². The number of nitrogens with one attached hydrogen (secondary N) is 2. The van der Waals surface area contributed by atoms with Gasteiger partial charge in [0.25, 0.3) is 0 Å². The van der Waals surface area contributed by atoms with Gasteiger partial charge in [-0.15, -0.1) is 0 Å². The number of carbonyl (C=O) groups excluding carboxylic acids is 1. The normalized spacial score (nSPS) is 19.2. The number of rotatable bonds is 3. The molecule has 29 heavy (non-hydrogen) atoms. The maximum Gasteiger partial charge on any atom is 0.226 e. The molecule has 0 aliphatic carbocycles. The highest BCUT2D eigenvalue weighted by Gasteiger charge is 2.25. The minimum atomic E-state index is 0.0406. The lowest BCUT2D eigenvalue weighted by molar-refractivity contribution is -0.116. The Morgan fingerprint density at radius 2 is 2.14 bits per heavy atom. The minimum Gasteiger partial charge on any atom is -0.404 e. The molecule has 6 nitrogen and oxygen atoms in total. The number of fused-ring (bicyclic) bond motifs is 2. The number of aliphatic imine (C=N–C) groups is 1. The second kappa shape index (κ2) is 7.99. The lowest BCUT2D eigenvalue weighted by Crippen LogP contribution is -2.26. The third-order valence-electron chi connectivity index (χ3n) is 5.47. The summed E-state index contributed by atoms with van der Waals surface area (Å²) in [5.41, 5.74) is 13.2. The maximum absolute atomic E-state index is 12.2. The van der Waals surface area contributed by atoms with E-state index in [2.05, 4.69) is 44.8 Å². The number of carbonyl (C=O) groups is 1. The summed E-state index contributed by atoms with van der Waals surface area (Å²) in [5, 5.41) is 6.58. The summed E-state index contributed by atoms with van der Waals surface area (Å²) in [6.07, 6.45) is 5.95. The molecule has 4 rings (SSSR count). The average Bonchev–Trinajstić information content (AvgIpc) is 2.87. The number of aryl methyl sites for hydroxylation is 1. The first kappa shape index (κ1) is 19.1. The Morgan fingerprint density at radius 1 is 1.28 bits per heavy atom. The largest absolute Gasteiger partial charge is 0.404 e. The molecule has 2 aliphatic rings. The third kappa shape index (κ3) is 3.70. The van der Waals surface area contributed by atoms with Crippen LogP contribution in [0.1, 0.15) is 30.9 Å². The molecule has 0 unspecified atom stereocenters. The number of amides is 1. The van der Waals surface area contributed by atoms with Gasteiger partial charge in [0, 0.05) is 49.7 Å². The molecule has 2 heterocycles. The van der Waals surface area contributed by atoms with E-state index in [1.165, 1.54) is 11.3 Å². The number of hydrogen-bond acceptors (Lipinski definition) is 5. The SMILES string of the molecule is CN=C/C(=C\N)c1ccc2c(c1)N(c1cccc3c1N[C@H](C)CC(=O)N3)CCC2. The number of nitrogens with two attached hydrogens (primary N) is 1. The van der Waals surface area contributed by atoms with Crippen molar-refractivity contribution in [1.29, 1.82) is 0 Å². The van der Waals surface area contributed by atoms with E-state index < -0.39 is 0 Å². The Labute approximate surface area is 171 Å². The first-order valence-electron chi connectivity index (χ1n) is 10.0. The van der Waals surface area contributed by atoms with Crippen LogP contribution in [-0.2, 0) is 11.2 Å². The number of benzene rings is 2. The van der Waals surface area contributed by atoms with Crippen molar-refractivity contribution in [2.24, 2.45) is 10.7 Å². The number of hydrogen-bond donors (Lipinski definition) is 3. The van der Waals surface area contributed by atoms with E-state index in [1.807, 2.05) is 19.1 Å². The lowest BCUT2D eigenvalue weighted by Gasteiger charge is -2.34. The van der Waals surface area contributed by atoms with Crippen LogP contribution >= 0.6 is 0 Å². The average molecular weight is 390 g/mol. The van der Waals surface area contributed by atoms with Crippen molar-refractivity contribution >= 4 is 40.4 Å². The van der Waals surface area contributed by atoms with Crippen LogP contribution in [0.3, 0.4) is 0 Å². The topological polar surface area (TPSA) is 82.8 Å². The first-order chi connectivity index (χ1) is 14.1. The molecule has 2 aromatic carbocycles. The summed E-state index contributed by atoms with van der Waals surface area (Å²) in [6, 6.07) is 12.6. The van der Waals surface area contributed by atoms with Gasteiger partial charge in [0.2, 0.25) is 5.91 Å². The van der Waals surface area contributed by atoms with E-state index in [1.54, 1.807) is 19.5 Å². The van der Waals surface area contributed by atoms with Gasteiger partial charge >= 0.3 is 0 Å². The van der Waals surface area contributed by atoms with Gasteiger partial charge in [-0.2, -0.15) is 0 Å². The molecule has 0 aromatic heterocycles. The van der Waals surface area contributed by atoms with Crippen molar-refractivity contribution in [3.63, 3.8) is 0 Å². The van der Waals surface area contributed by atoms with Gasteiger partial charge in [0.15, 0.2) is 0 Å². The molecular formula is C23H27N5O. The highest BCUT2D eigenvalue weighted by Crippen LogP contribution is 2.42. The molecule has 2 aromatic rings. The molecule has 2 aliphatic heterocycles. The van der Waals surface area contributed by atoms with E-state index >= 15 is 0 Å². The molecule has 0 saturated heterocycles. The molecule has 1 amide bonds. The van der Waals surface area contributed by atoms with Crippen LogP contribution in [0, 0.1) is 0 Å². The van der Waals surface area contributed by atoms with Crippen molar-refractivity contribution in [3.05, 3.63) is 53.7 Å². The fraction of sp³-hybridized carbons (Fsp3) is 0.304. The highest BCUT2D eigenvalue weighted by atomic mass is 16.1.